The number of likely N-dealkylation sites (tertiary alicyclic amines) is 1. The lowest BCUT2D eigenvalue weighted by Crippen LogP contribution is -2.47. The number of piperidine rings is 1. The standard InChI is InChI=1S/C14H28N2O2/c1-11-6-5-7-16(9-11)13(18)15-10-14(3,4)8-12(2)17/h11-12,17H,5-10H2,1-4H3,(H,15,18). The van der Waals surface area contributed by atoms with Crippen molar-refractivity contribution in [2.45, 2.75) is 53.1 Å². The number of urea groups is 1. The number of carbonyl (C=O) groups is 1. The summed E-state index contributed by atoms with van der Waals surface area (Å²) in [6.45, 7) is 10.5. The van der Waals surface area contributed by atoms with Crippen LogP contribution in [0, 0.1) is 11.3 Å². The number of carbonyl (C=O) groups excluding carboxylic acids is 1. The Kier molecular flexibility index (Phi) is 5.45. The summed E-state index contributed by atoms with van der Waals surface area (Å²) in [6.07, 6.45) is 2.69. The topological polar surface area (TPSA) is 52.6 Å². The summed E-state index contributed by atoms with van der Waals surface area (Å²) in [4.78, 5) is 13.9. The molecule has 2 atom stereocenters. The predicted octanol–water partition coefficient (Wildman–Crippen LogP) is 2.22. The normalized spacial score (nSPS) is 22.7. The molecule has 0 saturated carbocycles. The number of aliphatic hydroxyl groups is 1. The molecule has 106 valence electrons. The van der Waals surface area contributed by atoms with Gasteiger partial charge in [0.1, 0.15) is 0 Å². The van der Waals surface area contributed by atoms with E-state index in [2.05, 4.69) is 26.1 Å². The molecule has 1 fully saturated rings. The molecule has 0 spiro atoms. The van der Waals surface area contributed by atoms with E-state index in [9.17, 15) is 9.90 Å². The summed E-state index contributed by atoms with van der Waals surface area (Å²) >= 11 is 0. The Bertz CT molecular complexity index is 277. The van der Waals surface area contributed by atoms with Gasteiger partial charge < -0.3 is 15.3 Å². The third-order valence-corrected chi connectivity index (χ3v) is 3.51. The van der Waals surface area contributed by atoms with Crippen molar-refractivity contribution in [1.82, 2.24) is 10.2 Å². The molecule has 2 unspecified atom stereocenters. The zero-order valence-corrected chi connectivity index (χ0v) is 12.2. The first-order valence-corrected chi connectivity index (χ1v) is 7.01. The monoisotopic (exact) mass is 256 g/mol. The molecular weight excluding hydrogens is 228 g/mol. The van der Waals surface area contributed by atoms with Gasteiger partial charge in [0.15, 0.2) is 0 Å². The molecule has 0 aromatic heterocycles. The first-order chi connectivity index (χ1) is 8.30. The predicted molar refractivity (Wildman–Crippen MR) is 73.4 cm³/mol. The van der Waals surface area contributed by atoms with E-state index in [0.717, 1.165) is 19.5 Å². The molecule has 0 aromatic carbocycles. The van der Waals surface area contributed by atoms with Crippen molar-refractivity contribution in [3.8, 4) is 0 Å². The number of hydrogen-bond donors (Lipinski definition) is 2. The fourth-order valence-electron chi connectivity index (χ4n) is 2.67. The Morgan fingerprint density at radius 3 is 2.78 bits per heavy atom. The van der Waals surface area contributed by atoms with Crippen LogP contribution < -0.4 is 5.32 Å². The number of amides is 2. The molecule has 1 saturated heterocycles. The molecule has 4 heteroatoms. The maximum Gasteiger partial charge on any atom is 0.317 e. The van der Waals surface area contributed by atoms with Gasteiger partial charge in [-0.15, -0.1) is 0 Å². The minimum absolute atomic E-state index is 0.0419. The van der Waals surface area contributed by atoms with Crippen molar-refractivity contribution in [1.29, 1.82) is 0 Å². The number of rotatable bonds is 4. The quantitative estimate of drug-likeness (QED) is 0.810. The Hall–Kier alpha value is -0.770. The summed E-state index contributed by atoms with van der Waals surface area (Å²) in [5.74, 6) is 0.606. The Morgan fingerprint density at radius 2 is 2.22 bits per heavy atom. The molecule has 4 nitrogen and oxygen atoms in total. The van der Waals surface area contributed by atoms with Crippen LogP contribution in [0.15, 0.2) is 0 Å². The maximum absolute atomic E-state index is 12.0. The van der Waals surface area contributed by atoms with E-state index in [1.54, 1.807) is 6.92 Å². The van der Waals surface area contributed by atoms with Crippen LogP contribution in [0.4, 0.5) is 4.79 Å². The minimum atomic E-state index is -0.327. The first-order valence-electron chi connectivity index (χ1n) is 7.01. The lowest BCUT2D eigenvalue weighted by molar-refractivity contribution is 0.124. The van der Waals surface area contributed by atoms with Crippen LogP contribution in [0.25, 0.3) is 0 Å². The second-order valence-corrected chi connectivity index (χ2v) is 6.57. The highest BCUT2D eigenvalue weighted by Gasteiger charge is 2.24. The molecule has 2 N–H and O–H groups in total. The van der Waals surface area contributed by atoms with Crippen molar-refractivity contribution >= 4 is 6.03 Å². The first kappa shape index (κ1) is 15.3. The zero-order chi connectivity index (χ0) is 13.8. The average molecular weight is 256 g/mol. The molecule has 18 heavy (non-hydrogen) atoms. The van der Waals surface area contributed by atoms with E-state index in [-0.39, 0.29) is 17.6 Å². The molecule has 1 rings (SSSR count). The van der Waals surface area contributed by atoms with Gasteiger partial charge in [-0.2, -0.15) is 0 Å². The zero-order valence-electron chi connectivity index (χ0n) is 12.2. The molecule has 0 aromatic rings. The Labute approximate surface area is 111 Å². The van der Waals surface area contributed by atoms with Crippen molar-refractivity contribution in [3.05, 3.63) is 0 Å². The third kappa shape index (κ3) is 5.25. The fourth-order valence-corrected chi connectivity index (χ4v) is 2.67. The van der Waals surface area contributed by atoms with E-state index >= 15 is 0 Å². The summed E-state index contributed by atoms with van der Waals surface area (Å²) in [6, 6.07) is 0.0419. The second kappa shape index (κ2) is 6.41. The summed E-state index contributed by atoms with van der Waals surface area (Å²) in [5, 5.41) is 12.4. The van der Waals surface area contributed by atoms with Crippen molar-refractivity contribution < 1.29 is 9.90 Å². The molecule has 1 heterocycles. The lowest BCUT2D eigenvalue weighted by atomic mass is 9.87. The fraction of sp³-hybridized carbons (Fsp3) is 0.929. The number of hydrogen-bond acceptors (Lipinski definition) is 2. The van der Waals surface area contributed by atoms with Crippen molar-refractivity contribution in [2.24, 2.45) is 11.3 Å². The van der Waals surface area contributed by atoms with Gasteiger partial charge in [-0.05, 0) is 37.5 Å². The van der Waals surface area contributed by atoms with Gasteiger partial charge in [-0.25, -0.2) is 4.79 Å². The summed E-state index contributed by atoms with van der Waals surface area (Å²) in [5.41, 5.74) is -0.0643. The summed E-state index contributed by atoms with van der Waals surface area (Å²) in [7, 11) is 0. The van der Waals surface area contributed by atoms with Gasteiger partial charge in [0.05, 0.1) is 6.10 Å². The molecular formula is C14H28N2O2. The average Bonchev–Trinajstić information content (AvgIpc) is 2.24. The van der Waals surface area contributed by atoms with Gasteiger partial charge in [0.25, 0.3) is 0 Å². The van der Waals surface area contributed by atoms with Crippen molar-refractivity contribution in [2.75, 3.05) is 19.6 Å². The van der Waals surface area contributed by atoms with E-state index in [0.29, 0.717) is 18.9 Å². The van der Waals surface area contributed by atoms with Crippen LogP contribution in [0.3, 0.4) is 0 Å². The SMILES string of the molecule is CC(O)CC(C)(C)CNC(=O)N1CCCC(C)C1. The van der Waals surface area contributed by atoms with Gasteiger partial charge in [0, 0.05) is 19.6 Å². The van der Waals surface area contributed by atoms with Gasteiger partial charge >= 0.3 is 6.03 Å². The summed E-state index contributed by atoms with van der Waals surface area (Å²) < 4.78 is 0. The molecule has 0 aliphatic carbocycles. The van der Waals surface area contributed by atoms with E-state index in [4.69, 9.17) is 0 Å². The molecule has 1 aliphatic rings. The highest BCUT2D eigenvalue weighted by Crippen LogP contribution is 2.21. The Balaban J connectivity index is 2.36. The van der Waals surface area contributed by atoms with Gasteiger partial charge in [-0.3, -0.25) is 0 Å². The lowest BCUT2D eigenvalue weighted by Gasteiger charge is -2.33. The highest BCUT2D eigenvalue weighted by atomic mass is 16.3. The number of aliphatic hydroxyl groups excluding tert-OH is 1. The molecule has 0 bridgehead atoms. The number of nitrogens with one attached hydrogen (secondary N) is 1. The van der Waals surface area contributed by atoms with E-state index < -0.39 is 0 Å². The van der Waals surface area contributed by atoms with Crippen LogP contribution in [0.2, 0.25) is 0 Å². The van der Waals surface area contributed by atoms with E-state index in [1.165, 1.54) is 6.42 Å². The largest absolute Gasteiger partial charge is 0.393 e. The van der Waals surface area contributed by atoms with E-state index in [1.807, 2.05) is 4.90 Å². The second-order valence-electron chi connectivity index (χ2n) is 6.57. The van der Waals surface area contributed by atoms with Crippen molar-refractivity contribution in [3.63, 3.8) is 0 Å². The van der Waals surface area contributed by atoms with Gasteiger partial charge in [-0.1, -0.05) is 20.8 Å². The minimum Gasteiger partial charge on any atom is -0.393 e. The number of nitrogens with zero attached hydrogens (tertiary/aromatic N) is 1. The van der Waals surface area contributed by atoms with Crippen LogP contribution in [0.1, 0.15) is 47.0 Å². The molecule has 2 amide bonds. The Morgan fingerprint density at radius 1 is 1.56 bits per heavy atom. The van der Waals surface area contributed by atoms with Crippen LogP contribution in [0.5, 0.6) is 0 Å². The molecule has 1 aliphatic heterocycles. The van der Waals surface area contributed by atoms with Gasteiger partial charge in [0.2, 0.25) is 0 Å². The maximum atomic E-state index is 12.0. The molecule has 0 radical (unpaired) electrons. The van der Waals surface area contributed by atoms with Crippen LogP contribution in [-0.2, 0) is 0 Å². The third-order valence-electron chi connectivity index (χ3n) is 3.51. The highest BCUT2D eigenvalue weighted by molar-refractivity contribution is 5.74. The van der Waals surface area contributed by atoms with Crippen LogP contribution in [-0.4, -0.2) is 41.8 Å². The smallest absolute Gasteiger partial charge is 0.317 e. The van der Waals surface area contributed by atoms with Crippen LogP contribution >= 0.6 is 0 Å².